The minimum Gasteiger partial charge on any atom is -0.480 e. The van der Waals surface area contributed by atoms with E-state index in [1.165, 1.54) is 24.3 Å². The molecule has 112 valence electrons. The van der Waals surface area contributed by atoms with Crippen molar-refractivity contribution in [3.05, 3.63) is 34.3 Å². The predicted octanol–water partition coefficient (Wildman–Crippen LogP) is 2.94. The summed E-state index contributed by atoms with van der Waals surface area (Å²) >= 11 is 3.09. The molecule has 0 amide bonds. The van der Waals surface area contributed by atoms with Gasteiger partial charge in [-0.05, 0) is 17.7 Å². The number of benzene rings is 1. The monoisotopic (exact) mass is 374 g/mol. The average Bonchev–Trinajstić information content (AvgIpc) is 2.28. The third kappa shape index (κ3) is 4.78. The first-order valence-electron chi connectivity index (χ1n) is 5.29. The van der Waals surface area contributed by atoms with E-state index in [0.717, 1.165) is 0 Å². The number of carboxylic acids is 1. The molecule has 9 heteroatoms. The molecule has 0 aliphatic rings. The second-order valence-corrected chi connectivity index (χ2v) is 7.12. The molecule has 1 atom stereocenters. The lowest BCUT2D eigenvalue weighted by molar-refractivity contribution is -0.137. The Bertz CT molecular complexity index is 581. The van der Waals surface area contributed by atoms with Crippen LogP contribution >= 0.6 is 15.9 Å². The van der Waals surface area contributed by atoms with Crippen molar-refractivity contribution in [2.45, 2.75) is 17.8 Å². The molecular formula is C11H10BrF3O4S. The molecule has 1 aromatic carbocycles. The van der Waals surface area contributed by atoms with Crippen LogP contribution in [0.3, 0.4) is 0 Å². The van der Waals surface area contributed by atoms with Crippen LogP contribution in [-0.2, 0) is 14.6 Å². The molecule has 4 nitrogen and oxygen atoms in total. The van der Waals surface area contributed by atoms with Gasteiger partial charge in [0.15, 0.2) is 15.1 Å². The van der Waals surface area contributed by atoms with E-state index >= 15 is 0 Å². The minimum absolute atomic E-state index is 0.0807. The molecule has 0 radical (unpaired) electrons. The van der Waals surface area contributed by atoms with Crippen molar-refractivity contribution in [3.63, 3.8) is 0 Å². The van der Waals surface area contributed by atoms with E-state index in [9.17, 15) is 26.4 Å². The van der Waals surface area contributed by atoms with E-state index < -0.39 is 39.4 Å². The molecule has 1 N–H and O–H groups in total. The summed E-state index contributed by atoms with van der Waals surface area (Å²) in [5.41, 5.74) is -0.0807. The Hall–Kier alpha value is -1.09. The van der Waals surface area contributed by atoms with E-state index in [4.69, 9.17) is 5.11 Å². The number of aliphatic carboxylic acids is 1. The molecule has 1 unspecified atom stereocenters. The fourth-order valence-electron chi connectivity index (χ4n) is 1.52. The molecule has 0 fully saturated rings. The first kappa shape index (κ1) is 17.0. The van der Waals surface area contributed by atoms with Gasteiger partial charge in [-0.15, -0.1) is 0 Å². The third-order valence-electron chi connectivity index (χ3n) is 2.43. The van der Waals surface area contributed by atoms with Crippen LogP contribution in [0.15, 0.2) is 28.7 Å². The van der Waals surface area contributed by atoms with Crippen molar-refractivity contribution in [2.24, 2.45) is 0 Å². The van der Waals surface area contributed by atoms with Gasteiger partial charge in [0.2, 0.25) is 0 Å². The van der Waals surface area contributed by atoms with Gasteiger partial charge < -0.3 is 5.11 Å². The summed E-state index contributed by atoms with van der Waals surface area (Å²) in [6.45, 7) is 0. The highest BCUT2D eigenvalue weighted by Gasteiger charge is 2.37. The summed E-state index contributed by atoms with van der Waals surface area (Å²) in [4.78, 5) is 11.1. The highest BCUT2D eigenvalue weighted by Crippen LogP contribution is 2.28. The summed E-state index contributed by atoms with van der Waals surface area (Å²) in [5.74, 6) is -2.96. The number of hydrogen-bond acceptors (Lipinski definition) is 3. The van der Waals surface area contributed by atoms with Gasteiger partial charge in [-0.2, -0.15) is 13.2 Å². The summed E-state index contributed by atoms with van der Waals surface area (Å²) in [6.07, 6.45) is -6.23. The average molecular weight is 375 g/mol. The number of carboxylic acid groups (broad SMARTS) is 1. The second-order valence-electron chi connectivity index (χ2n) is 4.00. The Morgan fingerprint density at radius 2 is 1.75 bits per heavy atom. The van der Waals surface area contributed by atoms with Crippen LogP contribution in [0.4, 0.5) is 13.2 Å². The molecule has 0 bridgehead atoms. The Kier molecular flexibility index (Phi) is 5.20. The number of hydrogen-bond donors (Lipinski definition) is 1. The van der Waals surface area contributed by atoms with Crippen molar-refractivity contribution in [1.29, 1.82) is 0 Å². The number of carbonyl (C=O) groups is 1. The highest BCUT2D eigenvalue weighted by atomic mass is 79.9. The van der Waals surface area contributed by atoms with E-state index in [0.29, 0.717) is 4.47 Å². The normalized spacial score (nSPS) is 14.0. The van der Waals surface area contributed by atoms with Gasteiger partial charge in [-0.3, -0.25) is 4.79 Å². The number of halogens is 4. The molecule has 0 aliphatic heterocycles. The molecule has 1 aromatic rings. The van der Waals surface area contributed by atoms with Gasteiger partial charge in [-0.25, -0.2) is 8.42 Å². The van der Waals surface area contributed by atoms with E-state index in [2.05, 4.69) is 15.9 Å². The van der Waals surface area contributed by atoms with E-state index in [1.54, 1.807) is 0 Å². The van der Waals surface area contributed by atoms with E-state index in [-0.39, 0.29) is 5.56 Å². The largest absolute Gasteiger partial charge is 0.480 e. The fraction of sp³-hybridized carbons (Fsp3) is 0.364. The van der Waals surface area contributed by atoms with E-state index in [1.807, 2.05) is 0 Å². The van der Waals surface area contributed by atoms with Gasteiger partial charge in [0.25, 0.3) is 0 Å². The maximum atomic E-state index is 12.1. The van der Waals surface area contributed by atoms with Crippen LogP contribution in [0.1, 0.15) is 17.2 Å². The van der Waals surface area contributed by atoms with Crippen molar-refractivity contribution in [1.82, 2.24) is 0 Å². The smallest absolute Gasteiger partial charge is 0.390 e. The van der Waals surface area contributed by atoms with Crippen molar-refractivity contribution < 1.29 is 31.5 Å². The number of sulfone groups is 1. The predicted molar refractivity (Wildman–Crippen MR) is 69.0 cm³/mol. The molecule has 0 aromatic heterocycles. The molecule has 0 saturated carbocycles. The molecule has 20 heavy (non-hydrogen) atoms. The fourth-order valence-corrected chi connectivity index (χ4v) is 3.41. The van der Waals surface area contributed by atoms with Crippen LogP contribution in [-0.4, -0.2) is 31.4 Å². The van der Waals surface area contributed by atoms with Gasteiger partial charge >= 0.3 is 12.1 Å². The highest BCUT2D eigenvalue weighted by molar-refractivity contribution is 9.10. The Morgan fingerprint density at radius 1 is 1.25 bits per heavy atom. The SMILES string of the molecule is O=C(O)C(c1ccc(Br)cc1)S(=O)(=O)CCC(F)(F)F. The second kappa shape index (κ2) is 6.13. The molecular weight excluding hydrogens is 365 g/mol. The van der Waals surface area contributed by atoms with Gasteiger partial charge in [0, 0.05) is 4.47 Å². The number of rotatable bonds is 5. The molecule has 0 spiro atoms. The zero-order valence-electron chi connectivity index (χ0n) is 9.89. The van der Waals surface area contributed by atoms with Crippen molar-refractivity contribution in [3.8, 4) is 0 Å². The van der Waals surface area contributed by atoms with Gasteiger partial charge in [-0.1, -0.05) is 28.1 Å². The Morgan fingerprint density at radius 3 is 2.15 bits per heavy atom. The molecule has 0 heterocycles. The van der Waals surface area contributed by atoms with Crippen LogP contribution in [0, 0.1) is 0 Å². The summed E-state index contributed by atoms with van der Waals surface area (Å²) in [6, 6.07) is 5.33. The van der Waals surface area contributed by atoms with Crippen LogP contribution in [0.2, 0.25) is 0 Å². The molecule has 0 aliphatic carbocycles. The number of alkyl halides is 3. The Labute approximate surface area is 121 Å². The van der Waals surface area contributed by atoms with Crippen LogP contribution < -0.4 is 0 Å². The molecule has 0 saturated heterocycles. The van der Waals surface area contributed by atoms with Gasteiger partial charge in [0.05, 0.1) is 12.2 Å². The minimum atomic E-state index is -4.66. The third-order valence-corrected chi connectivity index (χ3v) is 4.92. The lowest BCUT2D eigenvalue weighted by Gasteiger charge is -2.15. The maximum Gasteiger partial charge on any atom is 0.390 e. The van der Waals surface area contributed by atoms with Crippen LogP contribution in [0.25, 0.3) is 0 Å². The zero-order chi connectivity index (χ0) is 15.6. The first-order valence-corrected chi connectivity index (χ1v) is 7.80. The topological polar surface area (TPSA) is 71.4 Å². The molecule has 1 rings (SSSR count). The standard InChI is InChI=1S/C11H10BrF3O4S/c12-8-3-1-7(2-4-8)9(10(16)17)20(18,19)6-5-11(13,14)15/h1-4,9H,5-6H2,(H,16,17). The Balaban J connectivity index is 3.07. The lowest BCUT2D eigenvalue weighted by Crippen LogP contribution is -2.26. The quantitative estimate of drug-likeness (QED) is 0.859. The zero-order valence-corrected chi connectivity index (χ0v) is 12.3. The summed E-state index contributed by atoms with van der Waals surface area (Å²) < 4.78 is 60.5. The maximum absolute atomic E-state index is 12.1. The lowest BCUT2D eigenvalue weighted by atomic mass is 10.1. The summed E-state index contributed by atoms with van der Waals surface area (Å²) in [5, 5.41) is 6.99. The van der Waals surface area contributed by atoms with Crippen molar-refractivity contribution >= 4 is 31.7 Å². The van der Waals surface area contributed by atoms with Crippen molar-refractivity contribution in [2.75, 3.05) is 5.75 Å². The summed E-state index contributed by atoms with van der Waals surface area (Å²) in [7, 11) is -4.46. The van der Waals surface area contributed by atoms with Crippen LogP contribution in [0.5, 0.6) is 0 Å². The first-order chi connectivity index (χ1) is 9.03. The van der Waals surface area contributed by atoms with Gasteiger partial charge in [0.1, 0.15) is 0 Å².